The van der Waals surface area contributed by atoms with Gasteiger partial charge in [-0.2, -0.15) is 0 Å². The van der Waals surface area contributed by atoms with E-state index in [0.29, 0.717) is 6.04 Å². The van der Waals surface area contributed by atoms with Crippen LogP contribution >= 0.6 is 0 Å². The molecule has 5 rings (SSSR count). The average Bonchev–Trinajstić information content (AvgIpc) is 2.84. The van der Waals surface area contributed by atoms with Crippen molar-refractivity contribution < 1.29 is 0 Å². The SMILES string of the molecule is C1=C(c2c[nH]c3ncccc23)C2CCC1CN2. The summed E-state index contributed by atoms with van der Waals surface area (Å²) in [6.07, 6.45) is 9.00. The highest BCUT2D eigenvalue weighted by atomic mass is 14.9. The van der Waals surface area contributed by atoms with Crippen LogP contribution in [-0.2, 0) is 0 Å². The monoisotopic (exact) mass is 225 g/mol. The van der Waals surface area contributed by atoms with E-state index in [1.807, 2.05) is 12.3 Å². The summed E-state index contributed by atoms with van der Waals surface area (Å²) < 4.78 is 0. The van der Waals surface area contributed by atoms with Crippen LogP contribution in [0.25, 0.3) is 16.6 Å². The first kappa shape index (κ1) is 9.42. The lowest BCUT2D eigenvalue weighted by molar-refractivity contribution is 0.374. The van der Waals surface area contributed by atoms with Crippen molar-refractivity contribution in [2.45, 2.75) is 18.9 Å². The fraction of sp³-hybridized carbons (Fsp3) is 0.357. The van der Waals surface area contributed by atoms with E-state index in [1.54, 1.807) is 0 Å². The average molecular weight is 225 g/mol. The zero-order valence-corrected chi connectivity index (χ0v) is 9.61. The van der Waals surface area contributed by atoms with Crippen molar-refractivity contribution in [3.63, 3.8) is 0 Å². The maximum atomic E-state index is 4.36. The van der Waals surface area contributed by atoms with Gasteiger partial charge in [0.05, 0.1) is 0 Å². The normalized spacial score (nSPS) is 27.4. The van der Waals surface area contributed by atoms with Crippen LogP contribution in [0.2, 0.25) is 0 Å². The van der Waals surface area contributed by atoms with E-state index in [4.69, 9.17) is 0 Å². The number of hydrogen-bond acceptors (Lipinski definition) is 2. The minimum atomic E-state index is 0.541. The topological polar surface area (TPSA) is 40.7 Å². The van der Waals surface area contributed by atoms with Gasteiger partial charge in [-0.3, -0.25) is 0 Å². The highest BCUT2D eigenvalue weighted by molar-refractivity contribution is 5.92. The van der Waals surface area contributed by atoms with Gasteiger partial charge in [0.1, 0.15) is 5.65 Å². The summed E-state index contributed by atoms with van der Waals surface area (Å²) in [5, 5.41) is 4.86. The van der Waals surface area contributed by atoms with Gasteiger partial charge < -0.3 is 10.3 Å². The van der Waals surface area contributed by atoms with Crippen molar-refractivity contribution in [3.05, 3.63) is 36.2 Å². The standard InChI is InChI=1S/C14H15N3/c1-2-10-12(8-17-14(10)15-5-1)11-6-9-3-4-13(11)16-7-9/h1-2,5-6,8-9,13,16H,3-4,7H2,(H,15,17). The number of rotatable bonds is 1. The van der Waals surface area contributed by atoms with E-state index < -0.39 is 0 Å². The van der Waals surface area contributed by atoms with Crippen LogP contribution in [0.3, 0.4) is 0 Å². The lowest BCUT2D eigenvalue weighted by Crippen LogP contribution is -2.43. The zero-order chi connectivity index (χ0) is 11.2. The van der Waals surface area contributed by atoms with E-state index in [2.05, 4.69) is 33.6 Å². The Labute approximate surface area is 99.9 Å². The number of hydrogen-bond donors (Lipinski definition) is 2. The number of piperidine rings is 1. The number of nitrogens with one attached hydrogen (secondary N) is 2. The Hall–Kier alpha value is -1.61. The molecule has 2 aromatic heterocycles. The number of aromatic nitrogens is 2. The molecule has 17 heavy (non-hydrogen) atoms. The maximum absolute atomic E-state index is 4.36. The smallest absolute Gasteiger partial charge is 0.137 e. The zero-order valence-electron chi connectivity index (χ0n) is 9.61. The number of nitrogens with zero attached hydrogens (tertiary/aromatic N) is 1. The first-order chi connectivity index (χ1) is 8.42. The van der Waals surface area contributed by atoms with Crippen LogP contribution in [0, 0.1) is 5.92 Å². The molecule has 1 saturated heterocycles. The molecule has 2 unspecified atom stereocenters. The van der Waals surface area contributed by atoms with Crippen LogP contribution in [0.15, 0.2) is 30.6 Å². The third-order valence-electron chi connectivity index (χ3n) is 4.01. The molecule has 2 atom stereocenters. The van der Waals surface area contributed by atoms with Gasteiger partial charge in [-0.15, -0.1) is 0 Å². The maximum Gasteiger partial charge on any atom is 0.137 e. The minimum Gasteiger partial charge on any atom is -0.346 e. The molecule has 0 saturated carbocycles. The summed E-state index contributed by atoms with van der Waals surface area (Å²) >= 11 is 0. The highest BCUT2D eigenvalue weighted by Gasteiger charge is 2.30. The van der Waals surface area contributed by atoms with Gasteiger partial charge in [0.25, 0.3) is 0 Å². The van der Waals surface area contributed by atoms with Gasteiger partial charge in [0.15, 0.2) is 0 Å². The number of aromatic amines is 1. The van der Waals surface area contributed by atoms with Crippen LogP contribution in [-0.4, -0.2) is 22.6 Å². The quantitative estimate of drug-likeness (QED) is 0.782. The second kappa shape index (κ2) is 3.44. The molecule has 1 fully saturated rings. The Morgan fingerprint density at radius 3 is 3.06 bits per heavy atom. The second-order valence-corrected chi connectivity index (χ2v) is 5.02. The predicted octanol–water partition coefficient (Wildman–Crippen LogP) is 2.33. The summed E-state index contributed by atoms with van der Waals surface area (Å²) in [6, 6.07) is 4.70. The molecule has 2 aliphatic heterocycles. The molecule has 2 N–H and O–H groups in total. The fourth-order valence-corrected chi connectivity index (χ4v) is 3.13. The Kier molecular flexibility index (Phi) is 1.91. The first-order valence-corrected chi connectivity index (χ1v) is 6.29. The Bertz CT molecular complexity index is 588. The van der Waals surface area contributed by atoms with Crippen LogP contribution in [0.5, 0.6) is 0 Å². The number of pyridine rings is 1. The molecule has 0 aromatic carbocycles. The summed E-state index contributed by atoms with van der Waals surface area (Å²) in [6.45, 7) is 1.15. The summed E-state index contributed by atoms with van der Waals surface area (Å²) in [5.74, 6) is 0.719. The van der Waals surface area contributed by atoms with E-state index in [-0.39, 0.29) is 0 Å². The van der Waals surface area contributed by atoms with E-state index in [1.165, 1.54) is 29.4 Å². The molecule has 3 heteroatoms. The Morgan fingerprint density at radius 1 is 1.29 bits per heavy atom. The Morgan fingerprint density at radius 2 is 2.29 bits per heavy atom. The predicted molar refractivity (Wildman–Crippen MR) is 68.6 cm³/mol. The van der Waals surface area contributed by atoms with Gasteiger partial charge >= 0.3 is 0 Å². The van der Waals surface area contributed by atoms with E-state index in [9.17, 15) is 0 Å². The molecular weight excluding hydrogens is 210 g/mol. The molecule has 2 bridgehead atoms. The molecule has 0 amide bonds. The summed E-state index contributed by atoms with van der Waals surface area (Å²) in [5.41, 5.74) is 3.78. The van der Waals surface area contributed by atoms with Crippen LogP contribution in [0.1, 0.15) is 18.4 Å². The van der Waals surface area contributed by atoms with Crippen molar-refractivity contribution in [1.29, 1.82) is 0 Å². The van der Waals surface area contributed by atoms with Crippen molar-refractivity contribution in [2.24, 2.45) is 5.92 Å². The molecule has 1 aliphatic carbocycles. The second-order valence-electron chi connectivity index (χ2n) is 5.02. The number of fused-ring (bicyclic) bond motifs is 3. The minimum absolute atomic E-state index is 0.541. The molecule has 0 spiro atoms. The molecule has 3 nitrogen and oxygen atoms in total. The van der Waals surface area contributed by atoms with Gasteiger partial charge in [-0.1, -0.05) is 6.08 Å². The fourth-order valence-electron chi connectivity index (χ4n) is 3.13. The molecule has 86 valence electrons. The van der Waals surface area contributed by atoms with Gasteiger partial charge in [0.2, 0.25) is 0 Å². The highest BCUT2D eigenvalue weighted by Crippen LogP contribution is 2.36. The van der Waals surface area contributed by atoms with Gasteiger partial charge in [-0.25, -0.2) is 4.98 Å². The van der Waals surface area contributed by atoms with E-state index >= 15 is 0 Å². The third-order valence-corrected chi connectivity index (χ3v) is 4.01. The van der Waals surface area contributed by atoms with Gasteiger partial charge in [0, 0.05) is 35.9 Å². The third kappa shape index (κ3) is 1.35. The van der Waals surface area contributed by atoms with Crippen molar-refractivity contribution in [3.8, 4) is 0 Å². The lowest BCUT2D eigenvalue weighted by Gasteiger charge is -2.36. The number of H-pyrrole nitrogens is 1. The molecule has 2 aromatic rings. The van der Waals surface area contributed by atoms with Crippen LogP contribution in [0.4, 0.5) is 0 Å². The van der Waals surface area contributed by atoms with Crippen molar-refractivity contribution >= 4 is 16.6 Å². The molecule has 4 heterocycles. The van der Waals surface area contributed by atoms with Crippen molar-refractivity contribution in [1.82, 2.24) is 15.3 Å². The summed E-state index contributed by atoms with van der Waals surface area (Å²) in [7, 11) is 0. The van der Waals surface area contributed by atoms with Crippen LogP contribution < -0.4 is 5.32 Å². The van der Waals surface area contributed by atoms with E-state index in [0.717, 1.165) is 18.1 Å². The van der Waals surface area contributed by atoms with Crippen molar-refractivity contribution in [2.75, 3.05) is 6.54 Å². The molecule has 3 aliphatic rings. The molecule has 0 radical (unpaired) electrons. The lowest BCUT2D eigenvalue weighted by atomic mass is 9.80. The Balaban J connectivity index is 1.89. The van der Waals surface area contributed by atoms with Gasteiger partial charge in [-0.05, 0) is 36.5 Å². The first-order valence-electron chi connectivity index (χ1n) is 6.29. The molecular formula is C14H15N3. The largest absolute Gasteiger partial charge is 0.346 e. The summed E-state index contributed by atoms with van der Waals surface area (Å²) in [4.78, 5) is 7.62.